The average Bonchev–Trinajstić information content (AvgIpc) is 2.44. The van der Waals surface area contributed by atoms with Gasteiger partial charge in [0, 0.05) is 6.07 Å². The summed E-state index contributed by atoms with van der Waals surface area (Å²) < 4.78 is 5.10. The first-order chi connectivity index (χ1) is 10.3. The van der Waals surface area contributed by atoms with Crippen molar-refractivity contribution in [2.24, 2.45) is 5.92 Å². The van der Waals surface area contributed by atoms with E-state index in [-0.39, 0.29) is 23.8 Å². The summed E-state index contributed by atoms with van der Waals surface area (Å²) >= 11 is 0. The second-order valence-corrected chi connectivity index (χ2v) is 5.10. The largest absolute Gasteiger partial charge is 0.480 e. The Kier molecular flexibility index (Phi) is 6.30. The molecule has 0 unspecified atom stereocenters. The minimum absolute atomic E-state index is 0.0432. The van der Waals surface area contributed by atoms with Crippen LogP contribution in [0.4, 0.5) is 5.69 Å². The van der Waals surface area contributed by atoms with Crippen LogP contribution in [0.3, 0.4) is 0 Å². The summed E-state index contributed by atoms with van der Waals surface area (Å²) in [6.45, 7) is 3.19. The van der Waals surface area contributed by atoms with Crippen molar-refractivity contribution in [2.45, 2.75) is 26.3 Å². The van der Waals surface area contributed by atoms with E-state index in [0.717, 1.165) is 0 Å². The number of para-hydroxylation sites is 2. The van der Waals surface area contributed by atoms with E-state index in [1.54, 1.807) is 6.07 Å². The van der Waals surface area contributed by atoms with Gasteiger partial charge < -0.3 is 15.2 Å². The van der Waals surface area contributed by atoms with Gasteiger partial charge in [0.1, 0.15) is 6.04 Å². The molecule has 0 aromatic heterocycles. The summed E-state index contributed by atoms with van der Waals surface area (Å²) in [7, 11) is 0. The summed E-state index contributed by atoms with van der Waals surface area (Å²) in [4.78, 5) is 33.0. The van der Waals surface area contributed by atoms with Crippen LogP contribution in [0, 0.1) is 16.0 Å². The maximum Gasteiger partial charge on any atom is 0.326 e. The molecule has 0 heterocycles. The van der Waals surface area contributed by atoms with E-state index in [9.17, 15) is 19.7 Å². The third-order valence-electron chi connectivity index (χ3n) is 2.76. The highest BCUT2D eigenvalue weighted by atomic mass is 16.6. The fourth-order valence-electron chi connectivity index (χ4n) is 1.80. The molecule has 0 bridgehead atoms. The van der Waals surface area contributed by atoms with Crippen molar-refractivity contribution in [3.05, 3.63) is 34.4 Å². The summed E-state index contributed by atoms with van der Waals surface area (Å²) in [6.07, 6.45) is 0.284. The molecule has 0 fully saturated rings. The minimum Gasteiger partial charge on any atom is -0.480 e. The van der Waals surface area contributed by atoms with Crippen molar-refractivity contribution in [2.75, 3.05) is 6.61 Å². The molecule has 2 N–H and O–H groups in total. The molecule has 1 amide bonds. The van der Waals surface area contributed by atoms with Gasteiger partial charge in [-0.15, -0.1) is 0 Å². The number of benzene rings is 1. The Bertz CT molecular complexity index is 558. The molecule has 120 valence electrons. The molecule has 1 aromatic carbocycles. The smallest absolute Gasteiger partial charge is 0.326 e. The van der Waals surface area contributed by atoms with Gasteiger partial charge in [0.25, 0.3) is 5.91 Å². The number of hydrogen-bond donors (Lipinski definition) is 2. The van der Waals surface area contributed by atoms with Gasteiger partial charge in [-0.1, -0.05) is 26.0 Å². The number of nitrogens with one attached hydrogen (secondary N) is 1. The molecular formula is C14H18N2O6. The number of nitro groups is 1. The van der Waals surface area contributed by atoms with E-state index >= 15 is 0 Å². The van der Waals surface area contributed by atoms with Crippen LogP contribution in [0.15, 0.2) is 24.3 Å². The highest BCUT2D eigenvalue weighted by Gasteiger charge is 2.22. The number of carbonyl (C=O) groups is 2. The van der Waals surface area contributed by atoms with Crippen LogP contribution in [0.5, 0.6) is 5.75 Å². The van der Waals surface area contributed by atoms with Crippen molar-refractivity contribution < 1.29 is 24.4 Å². The molecule has 1 rings (SSSR count). The van der Waals surface area contributed by atoms with Crippen molar-refractivity contribution in [3.8, 4) is 5.75 Å². The van der Waals surface area contributed by atoms with Crippen molar-refractivity contribution in [3.63, 3.8) is 0 Å². The summed E-state index contributed by atoms with van der Waals surface area (Å²) in [6, 6.07) is 4.63. The Labute approximate surface area is 127 Å². The van der Waals surface area contributed by atoms with Crippen molar-refractivity contribution >= 4 is 17.6 Å². The maximum absolute atomic E-state index is 11.7. The topological polar surface area (TPSA) is 119 Å². The van der Waals surface area contributed by atoms with Gasteiger partial charge in [0.05, 0.1) is 4.92 Å². The first-order valence-corrected chi connectivity index (χ1v) is 6.69. The molecule has 1 atom stereocenters. The van der Waals surface area contributed by atoms with Crippen LogP contribution in [0.1, 0.15) is 20.3 Å². The second kappa shape index (κ2) is 7.96. The lowest BCUT2D eigenvalue weighted by Gasteiger charge is -2.16. The quantitative estimate of drug-likeness (QED) is 0.556. The molecule has 0 saturated heterocycles. The van der Waals surface area contributed by atoms with E-state index in [1.807, 2.05) is 13.8 Å². The molecule has 0 aliphatic heterocycles. The van der Waals surface area contributed by atoms with Crippen LogP contribution in [-0.2, 0) is 9.59 Å². The Hall–Kier alpha value is -2.64. The van der Waals surface area contributed by atoms with Gasteiger partial charge in [-0.05, 0) is 18.4 Å². The number of ether oxygens (including phenoxy) is 1. The maximum atomic E-state index is 11.7. The van der Waals surface area contributed by atoms with E-state index in [1.165, 1.54) is 18.2 Å². The van der Waals surface area contributed by atoms with Gasteiger partial charge in [-0.3, -0.25) is 14.9 Å². The number of amides is 1. The molecular weight excluding hydrogens is 292 g/mol. The van der Waals surface area contributed by atoms with E-state index in [2.05, 4.69) is 5.32 Å². The molecule has 0 saturated carbocycles. The number of carboxylic acids is 1. The minimum atomic E-state index is -1.13. The summed E-state index contributed by atoms with van der Waals surface area (Å²) in [5.74, 6) is -1.73. The molecule has 0 radical (unpaired) electrons. The third kappa shape index (κ3) is 5.39. The Morgan fingerprint density at radius 3 is 2.55 bits per heavy atom. The summed E-state index contributed by atoms with van der Waals surface area (Å²) in [5.41, 5.74) is -0.257. The monoisotopic (exact) mass is 310 g/mol. The van der Waals surface area contributed by atoms with Gasteiger partial charge in [0.15, 0.2) is 12.4 Å². The Morgan fingerprint density at radius 2 is 2.00 bits per heavy atom. The Balaban J connectivity index is 2.62. The molecule has 8 heteroatoms. The number of rotatable bonds is 8. The van der Waals surface area contributed by atoms with E-state index in [0.29, 0.717) is 0 Å². The zero-order valence-corrected chi connectivity index (χ0v) is 12.3. The number of nitro benzene ring substituents is 1. The first kappa shape index (κ1) is 17.4. The zero-order chi connectivity index (χ0) is 16.7. The molecule has 8 nitrogen and oxygen atoms in total. The molecule has 0 aliphatic rings. The standard InChI is InChI=1S/C14H18N2O6/c1-9(2)7-10(14(18)19)15-13(17)8-22-12-6-4-3-5-11(12)16(20)21/h3-6,9-10H,7-8H2,1-2H3,(H,15,17)(H,18,19)/t10-/m1/s1. The van der Waals surface area contributed by atoms with Crippen LogP contribution in [0.25, 0.3) is 0 Å². The summed E-state index contributed by atoms with van der Waals surface area (Å²) in [5, 5.41) is 22.2. The van der Waals surface area contributed by atoms with Crippen LogP contribution in [0.2, 0.25) is 0 Å². The lowest BCUT2D eigenvalue weighted by molar-refractivity contribution is -0.385. The second-order valence-electron chi connectivity index (χ2n) is 5.10. The predicted octanol–water partition coefficient (Wildman–Crippen LogP) is 1.59. The fraction of sp³-hybridized carbons (Fsp3) is 0.429. The van der Waals surface area contributed by atoms with Crippen molar-refractivity contribution in [1.29, 1.82) is 0 Å². The highest BCUT2D eigenvalue weighted by molar-refractivity contribution is 5.84. The molecule has 22 heavy (non-hydrogen) atoms. The van der Waals surface area contributed by atoms with Crippen LogP contribution >= 0.6 is 0 Å². The lowest BCUT2D eigenvalue weighted by Crippen LogP contribution is -2.43. The number of nitrogens with zero attached hydrogens (tertiary/aromatic N) is 1. The van der Waals surface area contributed by atoms with Crippen LogP contribution < -0.4 is 10.1 Å². The van der Waals surface area contributed by atoms with Gasteiger partial charge in [-0.25, -0.2) is 4.79 Å². The average molecular weight is 310 g/mol. The van der Waals surface area contributed by atoms with Crippen LogP contribution in [-0.4, -0.2) is 34.6 Å². The fourth-order valence-corrected chi connectivity index (χ4v) is 1.80. The van der Waals surface area contributed by atoms with E-state index < -0.39 is 29.4 Å². The molecule has 0 aliphatic carbocycles. The lowest BCUT2D eigenvalue weighted by atomic mass is 10.0. The van der Waals surface area contributed by atoms with Gasteiger partial charge in [-0.2, -0.15) is 0 Å². The number of carboxylic acid groups (broad SMARTS) is 1. The SMILES string of the molecule is CC(C)C[C@@H](NC(=O)COc1ccccc1[N+](=O)[O-])C(=O)O. The highest BCUT2D eigenvalue weighted by Crippen LogP contribution is 2.25. The molecule has 0 spiro atoms. The van der Waals surface area contributed by atoms with Gasteiger partial charge in [0.2, 0.25) is 0 Å². The number of aliphatic carboxylic acids is 1. The Morgan fingerprint density at radius 1 is 1.36 bits per heavy atom. The number of carbonyl (C=O) groups excluding carboxylic acids is 1. The zero-order valence-electron chi connectivity index (χ0n) is 12.3. The molecule has 1 aromatic rings. The van der Waals surface area contributed by atoms with E-state index in [4.69, 9.17) is 9.84 Å². The van der Waals surface area contributed by atoms with Crippen molar-refractivity contribution in [1.82, 2.24) is 5.32 Å². The first-order valence-electron chi connectivity index (χ1n) is 6.69. The van der Waals surface area contributed by atoms with Gasteiger partial charge >= 0.3 is 11.7 Å². The predicted molar refractivity (Wildman–Crippen MR) is 77.6 cm³/mol. The number of hydrogen-bond acceptors (Lipinski definition) is 5. The third-order valence-corrected chi connectivity index (χ3v) is 2.76. The normalized spacial score (nSPS) is 11.8.